The third-order valence-corrected chi connectivity index (χ3v) is 6.87. The molecule has 4 N–H and O–H groups in total. The van der Waals surface area contributed by atoms with E-state index in [0.717, 1.165) is 38.3 Å². The maximum atomic E-state index is 12.6. The van der Waals surface area contributed by atoms with Crippen LogP contribution in [0, 0.1) is 5.92 Å². The highest BCUT2D eigenvalue weighted by Gasteiger charge is 2.29. The van der Waals surface area contributed by atoms with Crippen molar-refractivity contribution in [2.75, 3.05) is 25.1 Å². The number of ether oxygens (including phenoxy) is 2. The molecule has 1 amide bonds. The van der Waals surface area contributed by atoms with Gasteiger partial charge >= 0.3 is 0 Å². The summed E-state index contributed by atoms with van der Waals surface area (Å²) in [7, 11) is -4.30. The number of amides is 1. The molecule has 9 nitrogen and oxygen atoms in total. The van der Waals surface area contributed by atoms with Crippen LogP contribution in [0.2, 0.25) is 0 Å². The Balaban J connectivity index is 1.78. The summed E-state index contributed by atoms with van der Waals surface area (Å²) in [5.41, 5.74) is 6.11. The van der Waals surface area contributed by atoms with Crippen molar-refractivity contribution in [3.63, 3.8) is 0 Å². The van der Waals surface area contributed by atoms with Crippen LogP contribution < -0.4 is 20.5 Å². The Kier molecular flexibility index (Phi) is 8.14. The number of nitrogens with two attached hydrogens (primary N) is 1. The minimum Gasteiger partial charge on any atom is -0.486 e. The Labute approximate surface area is 180 Å². The number of anilines is 1. The molecule has 1 aliphatic carbocycles. The van der Waals surface area contributed by atoms with Crippen molar-refractivity contribution in [1.29, 1.82) is 0 Å². The van der Waals surface area contributed by atoms with Gasteiger partial charge in [-0.25, -0.2) is 26.9 Å². The first-order chi connectivity index (χ1) is 14.8. The number of nitrogens with one attached hydrogen (secondary N) is 2. The fraction of sp³-hybridized carbons (Fsp3) is 0.684. The van der Waals surface area contributed by atoms with Gasteiger partial charge in [0.05, 0.1) is 32.0 Å². The zero-order valence-electron chi connectivity index (χ0n) is 17.1. The molecule has 1 aromatic rings. The Bertz CT molecular complexity index is 859. The standard InChI is InChI=1S/C19H28F2N4O5S/c20-16(21)10-24-31(27,28)15-9-23-17(8-14(15)30-13-6-7-29-11-13)25-19(26)18(22)12-4-2-1-3-5-12/h8-9,12-13,16,18,24H,1-7,10-11,22H2,(H,23,25,26)/t13-,18+/m1/s1. The quantitative estimate of drug-likeness (QED) is 0.508. The number of halogens is 2. The summed E-state index contributed by atoms with van der Waals surface area (Å²) >= 11 is 0. The predicted octanol–water partition coefficient (Wildman–Crippen LogP) is 1.64. The third-order valence-electron chi connectivity index (χ3n) is 5.44. The molecule has 1 aromatic heterocycles. The van der Waals surface area contributed by atoms with E-state index in [2.05, 4.69) is 10.3 Å². The van der Waals surface area contributed by atoms with Crippen LogP contribution >= 0.6 is 0 Å². The highest BCUT2D eigenvalue weighted by Crippen LogP contribution is 2.29. The van der Waals surface area contributed by atoms with Crippen LogP contribution in [-0.2, 0) is 19.6 Å². The van der Waals surface area contributed by atoms with Crippen molar-refractivity contribution < 1.29 is 31.5 Å². The average Bonchev–Trinajstić information content (AvgIpc) is 3.25. The highest BCUT2D eigenvalue weighted by atomic mass is 32.2. The molecular formula is C19H28F2N4O5S. The minimum absolute atomic E-state index is 0.0676. The van der Waals surface area contributed by atoms with Crippen LogP contribution in [0.1, 0.15) is 38.5 Å². The fourth-order valence-electron chi connectivity index (χ4n) is 3.74. The zero-order chi connectivity index (χ0) is 22.4. The topological polar surface area (TPSA) is 133 Å². The van der Waals surface area contributed by atoms with E-state index in [1.165, 1.54) is 6.07 Å². The molecule has 1 saturated carbocycles. The predicted molar refractivity (Wildman–Crippen MR) is 108 cm³/mol. The van der Waals surface area contributed by atoms with Crippen molar-refractivity contribution in [1.82, 2.24) is 9.71 Å². The van der Waals surface area contributed by atoms with Crippen LogP contribution in [0.5, 0.6) is 5.75 Å². The van der Waals surface area contributed by atoms with Gasteiger partial charge in [0.15, 0.2) is 0 Å². The molecule has 2 fully saturated rings. The van der Waals surface area contributed by atoms with Crippen LogP contribution in [0.25, 0.3) is 0 Å². The first-order valence-electron chi connectivity index (χ1n) is 10.3. The van der Waals surface area contributed by atoms with E-state index in [1.807, 2.05) is 4.72 Å². The number of aromatic nitrogens is 1. The van der Waals surface area contributed by atoms with E-state index in [9.17, 15) is 22.0 Å². The molecule has 12 heteroatoms. The molecule has 0 aromatic carbocycles. The van der Waals surface area contributed by atoms with Crippen molar-refractivity contribution in [2.45, 2.75) is 62.0 Å². The van der Waals surface area contributed by atoms with Gasteiger partial charge in [-0.15, -0.1) is 0 Å². The summed E-state index contributed by atoms with van der Waals surface area (Å²) in [5, 5.41) is 2.61. The number of carbonyl (C=O) groups is 1. The lowest BCUT2D eigenvalue weighted by Crippen LogP contribution is -2.42. The Morgan fingerprint density at radius 3 is 2.68 bits per heavy atom. The Morgan fingerprint density at radius 1 is 1.29 bits per heavy atom. The monoisotopic (exact) mass is 462 g/mol. The van der Waals surface area contributed by atoms with Gasteiger partial charge in [-0.1, -0.05) is 19.3 Å². The largest absolute Gasteiger partial charge is 0.486 e. The number of hydrogen-bond acceptors (Lipinski definition) is 7. The number of pyridine rings is 1. The lowest BCUT2D eigenvalue weighted by molar-refractivity contribution is -0.118. The number of rotatable bonds is 9. The molecule has 0 bridgehead atoms. The van der Waals surface area contributed by atoms with Gasteiger partial charge in [0.25, 0.3) is 6.43 Å². The Hall–Kier alpha value is -1.89. The molecular weight excluding hydrogens is 434 g/mol. The van der Waals surface area contributed by atoms with Crippen molar-refractivity contribution in [3.8, 4) is 5.75 Å². The third kappa shape index (κ3) is 6.55. The molecule has 3 rings (SSSR count). The van der Waals surface area contributed by atoms with Crippen molar-refractivity contribution in [3.05, 3.63) is 12.3 Å². The van der Waals surface area contributed by atoms with Crippen molar-refractivity contribution in [2.24, 2.45) is 11.7 Å². The van der Waals surface area contributed by atoms with Gasteiger partial charge in [-0.2, -0.15) is 0 Å². The molecule has 174 valence electrons. The molecule has 2 heterocycles. The second kappa shape index (κ2) is 10.6. The van der Waals surface area contributed by atoms with E-state index in [4.69, 9.17) is 15.2 Å². The van der Waals surface area contributed by atoms with E-state index in [-0.39, 0.29) is 24.1 Å². The number of alkyl halides is 2. The lowest BCUT2D eigenvalue weighted by atomic mass is 9.84. The van der Waals surface area contributed by atoms with E-state index in [1.54, 1.807) is 0 Å². The molecule has 0 spiro atoms. The van der Waals surface area contributed by atoms with Gasteiger partial charge in [0.2, 0.25) is 15.9 Å². The minimum atomic E-state index is -4.30. The van der Waals surface area contributed by atoms with Gasteiger partial charge < -0.3 is 20.5 Å². The molecule has 1 saturated heterocycles. The van der Waals surface area contributed by atoms with Gasteiger partial charge in [0, 0.05) is 12.5 Å². The first-order valence-corrected chi connectivity index (χ1v) is 11.8. The second-order valence-electron chi connectivity index (χ2n) is 7.78. The molecule has 1 aliphatic heterocycles. The summed E-state index contributed by atoms with van der Waals surface area (Å²) in [6, 6.07) is 0.562. The van der Waals surface area contributed by atoms with Crippen LogP contribution in [-0.4, -0.2) is 57.6 Å². The van der Waals surface area contributed by atoms with Crippen LogP contribution in [0.3, 0.4) is 0 Å². The molecule has 2 aliphatic rings. The van der Waals surface area contributed by atoms with Crippen LogP contribution in [0.4, 0.5) is 14.6 Å². The fourth-order valence-corrected chi connectivity index (χ4v) is 4.80. The highest BCUT2D eigenvalue weighted by molar-refractivity contribution is 7.89. The zero-order valence-corrected chi connectivity index (χ0v) is 17.9. The second-order valence-corrected chi connectivity index (χ2v) is 9.51. The van der Waals surface area contributed by atoms with Gasteiger partial charge in [-0.3, -0.25) is 4.79 Å². The molecule has 2 atom stereocenters. The average molecular weight is 463 g/mol. The summed E-state index contributed by atoms with van der Waals surface area (Å²) < 4.78 is 62.8. The van der Waals surface area contributed by atoms with E-state index in [0.29, 0.717) is 13.0 Å². The number of nitrogens with zero attached hydrogens (tertiary/aromatic N) is 1. The smallest absolute Gasteiger partial charge is 0.251 e. The van der Waals surface area contributed by atoms with E-state index >= 15 is 0 Å². The maximum absolute atomic E-state index is 12.6. The summed E-state index contributed by atoms with van der Waals surface area (Å²) in [4.78, 5) is 16.2. The molecule has 0 unspecified atom stereocenters. The molecule has 0 radical (unpaired) electrons. The van der Waals surface area contributed by atoms with Crippen LogP contribution in [0.15, 0.2) is 17.2 Å². The van der Waals surface area contributed by atoms with Gasteiger partial charge in [-0.05, 0) is 18.8 Å². The number of sulfonamides is 1. The SMILES string of the molecule is N[C@H](C(=O)Nc1cc(O[C@@H]2CCOC2)c(S(=O)(=O)NCC(F)F)cn1)C1CCCCC1. The first kappa shape index (κ1) is 23.8. The Morgan fingerprint density at radius 2 is 2.03 bits per heavy atom. The molecule has 31 heavy (non-hydrogen) atoms. The normalized spacial score (nSPS) is 21.2. The summed E-state index contributed by atoms with van der Waals surface area (Å²) in [5.74, 6) is -0.369. The van der Waals surface area contributed by atoms with Crippen molar-refractivity contribution >= 4 is 21.7 Å². The summed E-state index contributed by atoms with van der Waals surface area (Å²) in [6.45, 7) is -0.315. The number of carbonyl (C=O) groups excluding carboxylic acids is 1. The number of hydrogen-bond donors (Lipinski definition) is 3. The maximum Gasteiger partial charge on any atom is 0.251 e. The van der Waals surface area contributed by atoms with Gasteiger partial charge in [0.1, 0.15) is 22.6 Å². The summed E-state index contributed by atoms with van der Waals surface area (Å²) in [6.07, 6.45) is 3.22. The van der Waals surface area contributed by atoms with E-state index < -0.39 is 45.9 Å². The lowest BCUT2D eigenvalue weighted by Gasteiger charge is -2.26.